The van der Waals surface area contributed by atoms with Gasteiger partial charge in [-0.1, -0.05) is 13.0 Å². The van der Waals surface area contributed by atoms with Gasteiger partial charge in [0.25, 0.3) is 0 Å². The van der Waals surface area contributed by atoms with Gasteiger partial charge >= 0.3 is 0 Å². The molecule has 0 spiro atoms. The van der Waals surface area contributed by atoms with Crippen LogP contribution in [0.3, 0.4) is 0 Å². The summed E-state index contributed by atoms with van der Waals surface area (Å²) in [6.45, 7) is 15.7. The molecule has 0 saturated carbocycles. The second-order valence-corrected chi connectivity index (χ2v) is 7.40. The van der Waals surface area contributed by atoms with Gasteiger partial charge < -0.3 is 5.32 Å². The maximum absolute atomic E-state index is 4.45. The summed E-state index contributed by atoms with van der Waals surface area (Å²) in [6.07, 6.45) is 2.96. The molecule has 0 saturated heterocycles. The first-order chi connectivity index (χ1) is 8.58. The van der Waals surface area contributed by atoms with E-state index in [4.69, 9.17) is 0 Å². The van der Waals surface area contributed by atoms with E-state index in [1.54, 1.807) is 0 Å². The van der Waals surface area contributed by atoms with E-state index >= 15 is 0 Å². The van der Waals surface area contributed by atoms with Crippen molar-refractivity contribution in [2.75, 3.05) is 6.54 Å². The lowest BCUT2D eigenvalue weighted by Crippen LogP contribution is -2.43. The zero-order valence-electron chi connectivity index (χ0n) is 13.0. The van der Waals surface area contributed by atoms with E-state index in [2.05, 4.69) is 60.6 Å². The molecule has 0 amide bonds. The average molecular weight is 328 g/mol. The van der Waals surface area contributed by atoms with E-state index in [0.717, 1.165) is 23.1 Å². The molecule has 0 fully saturated rings. The van der Waals surface area contributed by atoms with Gasteiger partial charge in [0, 0.05) is 31.0 Å². The van der Waals surface area contributed by atoms with Crippen LogP contribution < -0.4 is 5.32 Å². The van der Waals surface area contributed by atoms with Crippen LogP contribution in [0.5, 0.6) is 0 Å². The Bertz CT molecular complexity index is 457. The van der Waals surface area contributed by atoms with Gasteiger partial charge in [-0.3, -0.25) is 4.68 Å². The van der Waals surface area contributed by atoms with Crippen LogP contribution in [-0.2, 0) is 13.5 Å². The number of halogens is 1. The highest BCUT2D eigenvalue weighted by atomic mass is 79.9. The molecule has 0 bridgehead atoms. The average Bonchev–Trinajstić information content (AvgIpc) is 2.53. The van der Waals surface area contributed by atoms with Gasteiger partial charge in [0.15, 0.2) is 0 Å². The Balaban J connectivity index is 2.89. The molecule has 19 heavy (non-hydrogen) atoms. The predicted molar refractivity (Wildman–Crippen MR) is 85.4 cm³/mol. The smallest absolute Gasteiger partial charge is 0.0738 e. The van der Waals surface area contributed by atoms with Gasteiger partial charge in [0.1, 0.15) is 0 Å². The van der Waals surface area contributed by atoms with Crippen LogP contribution >= 0.6 is 15.9 Å². The van der Waals surface area contributed by atoms with Crippen molar-refractivity contribution in [2.24, 2.45) is 12.5 Å². The molecule has 1 heterocycles. The Morgan fingerprint density at radius 2 is 1.95 bits per heavy atom. The SMILES string of the molecule is C=CC(C)(CNC(C)(C)C)Cc1c(Br)c(C)nn1C. The topological polar surface area (TPSA) is 29.9 Å². The van der Waals surface area contributed by atoms with Gasteiger partial charge in [0.2, 0.25) is 0 Å². The largest absolute Gasteiger partial charge is 0.311 e. The standard InChI is InChI=1S/C15H26BrN3/c1-8-15(6,10-17-14(3,4)5)9-12-13(16)11(2)18-19(12)7/h8,17H,1,9-10H2,2-7H3. The van der Waals surface area contributed by atoms with Crippen LogP contribution in [0, 0.1) is 12.3 Å². The number of rotatable bonds is 5. The third-order valence-electron chi connectivity index (χ3n) is 3.35. The number of aryl methyl sites for hydroxylation is 2. The minimum absolute atomic E-state index is 0.00995. The molecule has 1 atom stereocenters. The molecule has 1 rings (SSSR count). The van der Waals surface area contributed by atoms with Gasteiger partial charge in [-0.2, -0.15) is 5.10 Å². The first-order valence-electron chi connectivity index (χ1n) is 6.64. The fourth-order valence-corrected chi connectivity index (χ4v) is 2.40. The van der Waals surface area contributed by atoms with Crippen molar-refractivity contribution in [1.29, 1.82) is 0 Å². The maximum Gasteiger partial charge on any atom is 0.0738 e. The molecule has 3 nitrogen and oxygen atoms in total. The van der Waals surface area contributed by atoms with Crippen LogP contribution in [0.15, 0.2) is 17.1 Å². The molecule has 1 N–H and O–H groups in total. The molecular weight excluding hydrogens is 302 g/mol. The second-order valence-electron chi connectivity index (χ2n) is 6.61. The minimum atomic E-state index is 0.00995. The zero-order chi connectivity index (χ0) is 14.8. The first kappa shape index (κ1) is 16.4. The van der Waals surface area contributed by atoms with E-state index in [1.165, 1.54) is 5.69 Å². The third kappa shape index (κ3) is 4.46. The van der Waals surface area contributed by atoms with Crippen molar-refractivity contribution in [3.63, 3.8) is 0 Å². The summed E-state index contributed by atoms with van der Waals surface area (Å²) in [5, 5.41) is 8.02. The number of aromatic nitrogens is 2. The molecule has 108 valence electrons. The van der Waals surface area contributed by atoms with Crippen molar-refractivity contribution >= 4 is 15.9 Å². The molecule has 0 aromatic carbocycles. The summed E-state index contributed by atoms with van der Waals surface area (Å²) >= 11 is 3.64. The number of hydrogen-bond acceptors (Lipinski definition) is 2. The van der Waals surface area contributed by atoms with Crippen molar-refractivity contribution in [3.8, 4) is 0 Å². The van der Waals surface area contributed by atoms with Gasteiger partial charge in [0.05, 0.1) is 15.9 Å². The Morgan fingerprint density at radius 1 is 1.37 bits per heavy atom. The monoisotopic (exact) mass is 327 g/mol. The van der Waals surface area contributed by atoms with Crippen molar-refractivity contribution in [2.45, 2.75) is 46.6 Å². The molecule has 1 aromatic rings. The lowest BCUT2D eigenvalue weighted by Gasteiger charge is -2.31. The zero-order valence-corrected chi connectivity index (χ0v) is 14.6. The molecule has 1 aromatic heterocycles. The van der Waals surface area contributed by atoms with Crippen molar-refractivity contribution in [1.82, 2.24) is 15.1 Å². The Labute approximate surface area is 125 Å². The third-order valence-corrected chi connectivity index (χ3v) is 4.38. The highest BCUT2D eigenvalue weighted by Crippen LogP contribution is 2.29. The molecule has 0 aliphatic rings. The Morgan fingerprint density at radius 3 is 2.32 bits per heavy atom. The molecule has 1 unspecified atom stereocenters. The molecule has 4 heteroatoms. The Kier molecular flexibility index (Phi) is 5.02. The van der Waals surface area contributed by atoms with E-state index in [0.29, 0.717) is 0 Å². The first-order valence-corrected chi connectivity index (χ1v) is 7.44. The highest BCUT2D eigenvalue weighted by Gasteiger charge is 2.26. The number of nitrogens with one attached hydrogen (secondary N) is 1. The summed E-state index contributed by atoms with van der Waals surface area (Å²) < 4.78 is 3.07. The van der Waals surface area contributed by atoms with E-state index in [-0.39, 0.29) is 11.0 Å². The van der Waals surface area contributed by atoms with E-state index in [9.17, 15) is 0 Å². The molecular formula is C15H26BrN3. The summed E-state index contributed by atoms with van der Waals surface area (Å²) in [4.78, 5) is 0. The normalized spacial score (nSPS) is 15.3. The lowest BCUT2D eigenvalue weighted by molar-refractivity contribution is 0.318. The van der Waals surface area contributed by atoms with E-state index < -0.39 is 0 Å². The second kappa shape index (κ2) is 5.80. The van der Waals surface area contributed by atoms with Crippen LogP contribution in [0.2, 0.25) is 0 Å². The maximum atomic E-state index is 4.45. The van der Waals surface area contributed by atoms with Gasteiger partial charge in [-0.15, -0.1) is 6.58 Å². The van der Waals surface area contributed by atoms with Crippen molar-refractivity contribution < 1.29 is 0 Å². The van der Waals surface area contributed by atoms with E-state index in [1.807, 2.05) is 24.7 Å². The van der Waals surface area contributed by atoms with Crippen molar-refractivity contribution in [3.05, 3.63) is 28.5 Å². The fraction of sp³-hybridized carbons (Fsp3) is 0.667. The van der Waals surface area contributed by atoms with Crippen LogP contribution in [0.25, 0.3) is 0 Å². The quantitative estimate of drug-likeness (QED) is 0.837. The molecule has 0 aliphatic heterocycles. The lowest BCUT2D eigenvalue weighted by atomic mass is 9.84. The summed E-state index contributed by atoms with van der Waals surface area (Å²) in [5.41, 5.74) is 2.38. The fourth-order valence-electron chi connectivity index (χ4n) is 1.93. The highest BCUT2D eigenvalue weighted by molar-refractivity contribution is 9.10. The van der Waals surface area contributed by atoms with Crippen LogP contribution in [0.1, 0.15) is 39.1 Å². The summed E-state index contributed by atoms with van der Waals surface area (Å²) in [7, 11) is 1.99. The Hall–Kier alpha value is -0.610. The summed E-state index contributed by atoms with van der Waals surface area (Å²) in [5.74, 6) is 0. The molecule has 0 radical (unpaired) electrons. The van der Waals surface area contributed by atoms with Gasteiger partial charge in [-0.05, 0) is 43.6 Å². The minimum Gasteiger partial charge on any atom is -0.311 e. The van der Waals surface area contributed by atoms with Crippen LogP contribution in [0.4, 0.5) is 0 Å². The molecule has 0 aliphatic carbocycles. The number of nitrogens with zero attached hydrogens (tertiary/aromatic N) is 2. The summed E-state index contributed by atoms with van der Waals surface area (Å²) in [6, 6.07) is 0. The number of hydrogen-bond donors (Lipinski definition) is 1. The van der Waals surface area contributed by atoms with Gasteiger partial charge in [-0.25, -0.2) is 0 Å². The predicted octanol–water partition coefficient (Wildman–Crippen LogP) is 3.61. The van der Waals surface area contributed by atoms with Crippen LogP contribution in [-0.4, -0.2) is 21.9 Å².